The van der Waals surface area contributed by atoms with E-state index < -0.39 is 0 Å². The Balaban J connectivity index is 2.04. The Kier molecular flexibility index (Phi) is 4.09. The summed E-state index contributed by atoms with van der Waals surface area (Å²) in [4.78, 5) is 4.41. The van der Waals surface area contributed by atoms with E-state index in [0.717, 1.165) is 51.2 Å². The molecule has 0 fully saturated rings. The maximum atomic E-state index is 4.70. The average Bonchev–Trinajstić information content (AvgIpc) is 3.14. The summed E-state index contributed by atoms with van der Waals surface area (Å²) in [5.74, 6) is 1.02. The van der Waals surface area contributed by atoms with Crippen molar-refractivity contribution >= 4 is 38.7 Å². The smallest absolute Gasteiger partial charge is 0.177 e. The second kappa shape index (κ2) is 6.53. The van der Waals surface area contributed by atoms with Gasteiger partial charge in [-0.05, 0) is 12.1 Å². The molecular weight excluding hydrogens is 316 g/mol. The minimum Gasteiger partial charge on any atom is -0.336 e. The van der Waals surface area contributed by atoms with Crippen LogP contribution in [-0.4, -0.2) is 22.0 Å². The number of rotatable bonds is 3. The SMILES string of the molecule is C=CCn1c2ccccc2c(=NNC2=NCCS2)c2ccccc21. The Hall–Kier alpha value is -2.53. The molecule has 0 spiro atoms. The summed E-state index contributed by atoms with van der Waals surface area (Å²) >= 11 is 1.71. The number of amidine groups is 1. The van der Waals surface area contributed by atoms with Crippen LogP contribution in [-0.2, 0) is 6.54 Å². The van der Waals surface area contributed by atoms with Crippen LogP contribution in [0.5, 0.6) is 0 Å². The Morgan fingerprint density at radius 1 is 1.12 bits per heavy atom. The van der Waals surface area contributed by atoms with Gasteiger partial charge in [0.05, 0.1) is 17.6 Å². The molecule has 4 nitrogen and oxygen atoms in total. The normalized spacial score (nSPS) is 13.9. The predicted molar refractivity (Wildman–Crippen MR) is 103 cm³/mol. The van der Waals surface area contributed by atoms with E-state index in [1.807, 2.05) is 6.08 Å². The number of benzene rings is 2. The molecule has 1 N–H and O–H groups in total. The molecule has 0 unspecified atom stereocenters. The Morgan fingerprint density at radius 2 is 1.79 bits per heavy atom. The number of para-hydroxylation sites is 2. The summed E-state index contributed by atoms with van der Waals surface area (Å²) in [6, 6.07) is 16.7. The average molecular weight is 334 g/mol. The number of allylic oxidation sites excluding steroid dienone is 1. The summed E-state index contributed by atoms with van der Waals surface area (Å²) in [5.41, 5.74) is 5.44. The molecule has 1 aliphatic heterocycles. The second-order valence-electron chi connectivity index (χ2n) is 5.54. The van der Waals surface area contributed by atoms with Gasteiger partial charge in [0.1, 0.15) is 5.36 Å². The highest BCUT2D eigenvalue weighted by Crippen LogP contribution is 2.19. The molecule has 0 amide bonds. The molecule has 24 heavy (non-hydrogen) atoms. The predicted octanol–water partition coefficient (Wildman–Crippen LogP) is 3.49. The van der Waals surface area contributed by atoms with Crippen molar-refractivity contribution in [3.8, 4) is 0 Å². The lowest BCUT2D eigenvalue weighted by atomic mass is 10.1. The lowest BCUT2D eigenvalue weighted by Crippen LogP contribution is -2.20. The maximum Gasteiger partial charge on any atom is 0.177 e. The topological polar surface area (TPSA) is 41.7 Å². The van der Waals surface area contributed by atoms with E-state index in [0.29, 0.717) is 0 Å². The molecule has 5 heteroatoms. The highest BCUT2D eigenvalue weighted by molar-refractivity contribution is 8.14. The van der Waals surface area contributed by atoms with E-state index in [9.17, 15) is 0 Å². The van der Waals surface area contributed by atoms with Crippen molar-refractivity contribution in [1.82, 2.24) is 9.99 Å². The first-order valence-corrected chi connectivity index (χ1v) is 8.95. The second-order valence-corrected chi connectivity index (χ2v) is 6.62. The van der Waals surface area contributed by atoms with Crippen molar-refractivity contribution in [3.05, 3.63) is 66.5 Å². The number of pyridine rings is 1. The van der Waals surface area contributed by atoms with Gasteiger partial charge >= 0.3 is 0 Å². The van der Waals surface area contributed by atoms with Crippen LogP contribution in [0.4, 0.5) is 0 Å². The molecule has 0 atom stereocenters. The summed E-state index contributed by atoms with van der Waals surface area (Å²) < 4.78 is 2.28. The third kappa shape index (κ3) is 2.61. The van der Waals surface area contributed by atoms with Crippen LogP contribution in [0.3, 0.4) is 0 Å². The maximum absolute atomic E-state index is 4.70. The Labute approximate surface area is 144 Å². The number of thioether (sulfide) groups is 1. The quantitative estimate of drug-likeness (QED) is 0.452. The first kappa shape index (κ1) is 15.0. The van der Waals surface area contributed by atoms with Crippen LogP contribution >= 0.6 is 11.8 Å². The third-order valence-electron chi connectivity index (χ3n) is 4.06. The molecular formula is C19H18N4S. The molecule has 2 aromatic carbocycles. The van der Waals surface area contributed by atoms with Crippen molar-refractivity contribution in [1.29, 1.82) is 0 Å². The Morgan fingerprint density at radius 3 is 2.38 bits per heavy atom. The molecule has 0 saturated carbocycles. The van der Waals surface area contributed by atoms with Crippen molar-refractivity contribution in [2.75, 3.05) is 12.3 Å². The van der Waals surface area contributed by atoms with Crippen LogP contribution in [0.25, 0.3) is 21.8 Å². The van der Waals surface area contributed by atoms with Crippen molar-refractivity contribution in [3.63, 3.8) is 0 Å². The molecule has 0 saturated heterocycles. The van der Waals surface area contributed by atoms with Gasteiger partial charge in [-0.15, -0.1) is 6.58 Å². The van der Waals surface area contributed by atoms with Crippen molar-refractivity contribution < 1.29 is 0 Å². The first-order chi connectivity index (χ1) is 11.9. The minimum atomic E-state index is 0.761. The van der Waals surface area contributed by atoms with E-state index in [-0.39, 0.29) is 0 Å². The first-order valence-electron chi connectivity index (χ1n) is 7.96. The van der Waals surface area contributed by atoms with Gasteiger partial charge in [-0.1, -0.05) is 54.2 Å². The number of hydrogen-bond donors (Lipinski definition) is 1. The summed E-state index contributed by atoms with van der Waals surface area (Å²) in [7, 11) is 0. The van der Waals surface area contributed by atoms with Gasteiger partial charge in [-0.25, -0.2) is 0 Å². The summed E-state index contributed by atoms with van der Waals surface area (Å²) in [6.45, 7) is 5.53. The number of nitrogens with zero attached hydrogens (tertiary/aromatic N) is 3. The lowest BCUT2D eigenvalue weighted by molar-refractivity contribution is 0.889. The van der Waals surface area contributed by atoms with E-state index in [2.05, 4.69) is 70.1 Å². The minimum absolute atomic E-state index is 0.761. The van der Waals surface area contributed by atoms with E-state index in [1.54, 1.807) is 11.8 Å². The fourth-order valence-corrected chi connectivity index (χ4v) is 3.71. The molecule has 2 heterocycles. The molecule has 1 aliphatic rings. The van der Waals surface area contributed by atoms with Crippen molar-refractivity contribution in [2.45, 2.75) is 6.54 Å². The number of fused-ring (bicyclic) bond motifs is 2. The molecule has 0 radical (unpaired) electrons. The van der Waals surface area contributed by atoms with Gasteiger partial charge in [0.15, 0.2) is 5.17 Å². The van der Waals surface area contributed by atoms with E-state index in [1.165, 1.54) is 0 Å². The van der Waals surface area contributed by atoms with Crippen LogP contribution in [0.2, 0.25) is 0 Å². The van der Waals surface area contributed by atoms with Gasteiger partial charge in [0.25, 0.3) is 0 Å². The number of nitrogens with one attached hydrogen (secondary N) is 1. The number of aromatic nitrogens is 1. The van der Waals surface area contributed by atoms with Crippen LogP contribution in [0.1, 0.15) is 0 Å². The Bertz CT molecular complexity index is 957. The van der Waals surface area contributed by atoms with Gasteiger partial charge in [0, 0.05) is 23.1 Å². The zero-order chi connectivity index (χ0) is 16.4. The largest absolute Gasteiger partial charge is 0.336 e. The highest BCUT2D eigenvalue weighted by Gasteiger charge is 2.09. The molecule has 3 aromatic rings. The van der Waals surface area contributed by atoms with Gasteiger partial charge in [0.2, 0.25) is 0 Å². The molecule has 1 aromatic heterocycles. The molecule has 0 bridgehead atoms. The van der Waals surface area contributed by atoms with Gasteiger partial charge < -0.3 is 4.57 Å². The van der Waals surface area contributed by atoms with E-state index in [4.69, 9.17) is 5.10 Å². The van der Waals surface area contributed by atoms with Crippen LogP contribution in [0, 0.1) is 0 Å². The van der Waals surface area contributed by atoms with Gasteiger partial charge in [-0.3, -0.25) is 10.4 Å². The fourth-order valence-electron chi connectivity index (χ4n) is 3.05. The zero-order valence-electron chi connectivity index (χ0n) is 13.3. The van der Waals surface area contributed by atoms with Crippen LogP contribution < -0.4 is 10.8 Å². The monoisotopic (exact) mass is 334 g/mol. The van der Waals surface area contributed by atoms with Crippen molar-refractivity contribution in [2.24, 2.45) is 10.1 Å². The standard InChI is InChI=1S/C19H18N4S/c1-2-12-23-16-9-5-3-7-14(16)18(15-8-4-6-10-17(15)23)21-22-19-20-11-13-24-19/h2-10H,1,11-13H2,(H,20,22). The molecule has 0 aliphatic carbocycles. The summed E-state index contributed by atoms with van der Waals surface area (Å²) in [6.07, 6.45) is 1.93. The highest BCUT2D eigenvalue weighted by atomic mass is 32.2. The summed E-state index contributed by atoms with van der Waals surface area (Å²) in [5, 5.41) is 8.79. The van der Waals surface area contributed by atoms with Crippen LogP contribution in [0.15, 0.2) is 71.3 Å². The lowest BCUT2D eigenvalue weighted by Gasteiger charge is -2.14. The fraction of sp³-hybridized carbons (Fsp3) is 0.158. The molecule has 120 valence electrons. The number of hydrogen-bond acceptors (Lipinski definition) is 4. The number of aliphatic imine (C=N–C) groups is 1. The molecule has 4 rings (SSSR count). The van der Waals surface area contributed by atoms with Gasteiger partial charge in [-0.2, -0.15) is 5.10 Å². The third-order valence-corrected chi connectivity index (χ3v) is 4.94. The van der Waals surface area contributed by atoms with E-state index >= 15 is 0 Å². The zero-order valence-corrected chi connectivity index (χ0v) is 14.1.